The van der Waals surface area contributed by atoms with Gasteiger partial charge in [-0.2, -0.15) is 0 Å². The number of aldehydes is 1. The fraction of sp³-hybridized carbons (Fsp3) is 0.105. The fourth-order valence-corrected chi connectivity index (χ4v) is 4.05. The van der Waals surface area contributed by atoms with Crippen molar-refractivity contribution in [1.82, 2.24) is 0 Å². The Kier molecular flexibility index (Phi) is 4.01. The van der Waals surface area contributed by atoms with Crippen LogP contribution in [0.3, 0.4) is 0 Å². The van der Waals surface area contributed by atoms with Crippen molar-refractivity contribution in [2.75, 3.05) is 0 Å². The molecular weight excluding hydrogens is 308 g/mol. The molecule has 0 fully saturated rings. The standard InChI is InChI=1S/C19H16O3S/c1-14-6-10-18(11-7-14)23(21,22)19(13-20)17-9-8-15-4-2-3-5-16(15)12-17/h2-13,19H,1H3. The highest BCUT2D eigenvalue weighted by atomic mass is 32.2. The summed E-state index contributed by atoms with van der Waals surface area (Å²) in [6.45, 7) is 1.89. The number of rotatable bonds is 4. The van der Waals surface area contributed by atoms with Gasteiger partial charge < -0.3 is 4.79 Å². The first kappa shape index (κ1) is 15.4. The van der Waals surface area contributed by atoms with Gasteiger partial charge in [-0.25, -0.2) is 8.42 Å². The average Bonchev–Trinajstić information content (AvgIpc) is 2.55. The lowest BCUT2D eigenvalue weighted by molar-refractivity contribution is -0.107. The van der Waals surface area contributed by atoms with E-state index in [4.69, 9.17) is 0 Å². The lowest BCUT2D eigenvalue weighted by Gasteiger charge is -2.13. The summed E-state index contributed by atoms with van der Waals surface area (Å²) in [5, 5.41) is 0.722. The number of sulfone groups is 1. The minimum atomic E-state index is -3.76. The van der Waals surface area contributed by atoms with E-state index in [-0.39, 0.29) is 4.90 Å². The maximum absolute atomic E-state index is 12.8. The minimum absolute atomic E-state index is 0.161. The maximum Gasteiger partial charge on any atom is 0.192 e. The molecule has 0 heterocycles. The quantitative estimate of drug-likeness (QED) is 0.685. The number of carbonyl (C=O) groups excluding carboxylic acids is 1. The molecule has 0 N–H and O–H groups in total. The third-order valence-corrected chi connectivity index (χ3v) is 5.89. The average molecular weight is 324 g/mol. The molecule has 116 valence electrons. The predicted octanol–water partition coefficient (Wildman–Crippen LogP) is 3.86. The molecule has 23 heavy (non-hydrogen) atoms. The lowest BCUT2D eigenvalue weighted by atomic mass is 10.1. The summed E-state index contributed by atoms with van der Waals surface area (Å²) >= 11 is 0. The van der Waals surface area contributed by atoms with Gasteiger partial charge in [-0.3, -0.25) is 0 Å². The first-order valence-electron chi connectivity index (χ1n) is 7.27. The van der Waals surface area contributed by atoms with E-state index in [9.17, 15) is 13.2 Å². The number of benzene rings is 3. The molecule has 0 aliphatic heterocycles. The topological polar surface area (TPSA) is 51.2 Å². The minimum Gasteiger partial charge on any atom is -0.302 e. The smallest absolute Gasteiger partial charge is 0.192 e. The summed E-state index contributed by atoms with van der Waals surface area (Å²) in [6, 6.07) is 19.5. The summed E-state index contributed by atoms with van der Waals surface area (Å²) in [4.78, 5) is 11.7. The highest BCUT2D eigenvalue weighted by Gasteiger charge is 2.28. The van der Waals surface area contributed by atoms with E-state index in [1.54, 1.807) is 36.4 Å². The number of fused-ring (bicyclic) bond motifs is 1. The van der Waals surface area contributed by atoms with Crippen molar-refractivity contribution in [2.45, 2.75) is 17.1 Å². The highest BCUT2D eigenvalue weighted by Crippen LogP contribution is 2.29. The molecule has 0 aromatic heterocycles. The molecule has 3 aromatic rings. The van der Waals surface area contributed by atoms with Crippen LogP contribution < -0.4 is 0 Å². The normalized spacial score (nSPS) is 12.9. The highest BCUT2D eigenvalue weighted by molar-refractivity contribution is 7.92. The van der Waals surface area contributed by atoms with Gasteiger partial charge in [0.1, 0.15) is 11.5 Å². The molecule has 1 atom stereocenters. The molecule has 0 aliphatic rings. The molecule has 1 unspecified atom stereocenters. The number of aryl methyl sites for hydroxylation is 1. The number of hydrogen-bond acceptors (Lipinski definition) is 3. The van der Waals surface area contributed by atoms with E-state index in [0.29, 0.717) is 11.8 Å². The fourth-order valence-electron chi connectivity index (χ4n) is 2.59. The molecule has 3 aromatic carbocycles. The Morgan fingerprint density at radius 3 is 2.17 bits per heavy atom. The van der Waals surface area contributed by atoms with Crippen molar-refractivity contribution in [3.8, 4) is 0 Å². The Hall–Kier alpha value is -2.46. The van der Waals surface area contributed by atoms with Crippen LogP contribution in [-0.4, -0.2) is 14.7 Å². The molecule has 3 nitrogen and oxygen atoms in total. The van der Waals surface area contributed by atoms with Gasteiger partial charge in [-0.05, 0) is 41.5 Å². The van der Waals surface area contributed by atoms with Crippen LogP contribution >= 0.6 is 0 Å². The summed E-state index contributed by atoms with van der Waals surface area (Å²) in [5.74, 6) is 0. The van der Waals surface area contributed by atoms with Gasteiger partial charge in [0.2, 0.25) is 0 Å². The van der Waals surface area contributed by atoms with E-state index in [2.05, 4.69) is 0 Å². The number of hydrogen-bond donors (Lipinski definition) is 0. The Morgan fingerprint density at radius 2 is 1.52 bits per heavy atom. The van der Waals surface area contributed by atoms with Crippen LogP contribution in [0.15, 0.2) is 71.6 Å². The molecule has 0 aliphatic carbocycles. The predicted molar refractivity (Wildman–Crippen MR) is 91.1 cm³/mol. The largest absolute Gasteiger partial charge is 0.302 e. The summed E-state index contributed by atoms with van der Waals surface area (Å²) in [6.07, 6.45) is 0.499. The van der Waals surface area contributed by atoms with Gasteiger partial charge >= 0.3 is 0 Å². The molecule has 0 saturated carbocycles. The zero-order chi connectivity index (χ0) is 16.4. The van der Waals surface area contributed by atoms with Crippen molar-refractivity contribution < 1.29 is 13.2 Å². The Morgan fingerprint density at radius 1 is 0.870 bits per heavy atom. The molecule has 0 bridgehead atoms. The third kappa shape index (κ3) is 2.90. The second-order valence-corrected chi connectivity index (χ2v) is 7.59. The summed E-state index contributed by atoms with van der Waals surface area (Å²) in [5.41, 5.74) is 1.46. The van der Waals surface area contributed by atoms with Crippen molar-refractivity contribution in [3.63, 3.8) is 0 Å². The van der Waals surface area contributed by atoms with E-state index in [0.717, 1.165) is 16.3 Å². The lowest BCUT2D eigenvalue weighted by Crippen LogP contribution is -2.15. The van der Waals surface area contributed by atoms with Crippen LogP contribution in [0.2, 0.25) is 0 Å². The zero-order valence-electron chi connectivity index (χ0n) is 12.6. The van der Waals surface area contributed by atoms with E-state index in [1.165, 1.54) is 0 Å². The van der Waals surface area contributed by atoms with Gasteiger partial charge in [-0.1, -0.05) is 54.1 Å². The monoisotopic (exact) mass is 324 g/mol. The molecule has 3 rings (SSSR count). The second-order valence-electron chi connectivity index (χ2n) is 5.52. The van der Waals surface area contributed by atoms with Crippen molar-refractivity contribution >= 4 is 26.9 Å². The van der Waals surface area contributed by atoms with Gasteiger partial charge in [0.15, 0.2) is 9.84 Å². The van der Waals surface area contributed by atoms with Crippen molar-refractivity contribution in [3.05, 3.63) is 77.9 Å². The summed E-state index contributed by atoms with van der Waals surface area (Å²) < 4.78 is 25.6. The van der Waals surface area contributed by atoms with Gasteiger partial charge in [0.25, 0.3) is 0 Å². The van der Waals surface area contributed by atoms with E-state index >= 15 is 0 Å². The number of carbonyl (C=O) groups is 1. The van der Waals surface area contributed by atoms with Gasteiger partial charge in [0, 0.05) is 0 Å². The molecule has 0 radical (unpaired) electrons. The van der Waals surface area contributed by atoms with Gasteiger partial charge in [-0.15, -0.1) is 0 Å². The first-order chi connectivity index (χ1) is 11.0. The van der Waals surface area contributed by atoms with Gasteiger partial charge in [0.05, 0.1) is 4.90 Å². The van der Waals surface area contributed by atoms with Crippen LogP contribution in [0.4, 0.5) is 0 Å². The Balaban J connectivity index is 2.10. The summed E-state index contributed by atoms with van der Waals surface area (Å²) in [7, 11) is -3.76. The zero-order valence-corrected chi connectivity index (χ0v) is 13.5. The Bertz CT molecular complexity index is 957. The molecule has 0 amide bonds. The molecular formula is C19H16O3S. The van der Waals surface area contributed by atoms with Crippen LogP contribution in [0.1, 0.15) is 16.4 Å². The van der Waals surface area contributed by atoms with Crippen LogP contribution in [0.5, 0.6) is 0 Å². The second kappa shape index (κ2) is 5.97. The van der Waals surface area contributed by atoms with Crippen LogP contribution in [-0.2, 0) is 14.6 Å². The Labute approximate surface area is 135 Å². The maximum atomic E-state index is 12.8. The van der Waals surface area contributed by atoms with Crippen molar-refractivity contribution in [2.24, 2.45) is 0 Å². The van der Waals surface area contributed by atoms with E-state index < -0.39 is 15.1 Å². The van der Waals surface area contributed by atoms with Crippen LogP contribution in [0, 0.1) is 6.92 Å². The first-order valence-corrected chi connectivity index (χ1v) is 8.81. The third-order valence-electron chi connectivity index (χ3n) is 3.91. The van der Waals surface area contributed by atoms with Crippen LogP contribution in [0.25, 0.3) is 10.8 Å². The molecule has 0 spiro atoms. The molecule has 0 saturated heterocycles. The SMILES string of the molecule is Cc1ccc(S(=O)(=O)C(C=O)c2ccc3ccccc3c2)cc1. The molecule has 4 heteroatoms. The van der Waals surface area contributed by atoms with Crippen molar-refractivity contribution in [1.29, 1.82) is 0 Å². The van der Waals surface area contributed by atoms with E-state index in [1.807, 2.05) is 37.3 Å².